The number of carbonyl (C=O) groups is 2. The number of rotatable bonds is 12. The Bertz CT molecular complexity index is 3080. The number of aromatic hydroxyl groups is 2. The lowest BCUT2D eigenvalue weighted by molar-refractivity contribution is -0.191. The molecule has 73 heavy (non-hydrogen) atoms. The highest BCUT2D eigenvalue weighted by molar-refractivity contribution is 8.00. The molecule has 4 bridgehead atoms. The van der Waals surface area contributed by atoms with Gasteiger partial charge in [0.15, 0.2) is 23.0 Å². The van der Waals surface area contributed by atoms with Gasteiger partial charge in [-0.3, -0.25) is 19.4 Å². The summed E-state index contributed by atoms with van der Waals surface area (Å²) in [6.45, 7) is 3.17. The van der Waals surface area contributed by atoms with E-state index in [2.05, 4.69) is 20.4 Å². The van der Waals surface area contributed by atoms with Crippen molar-refractivity contribution >= 4 is 32.1 Å². The average Bonchev–Trinajstić information content (AvgIpc) is 4.30. The van der Waals surface area contributed by atoms with Gasteiger partial charge in [-0.05, 0) is 150 Å². The first-order chi connectivity index (χ1) is 35.0. The van der Waals surface area contributed by atoms with Crippen molar-refractivity contribution in [1.29, 1.82) is 0 Å². The van der Waals surface area contributed by atoms with Crippen LogP contribution in [-0.4, -0.2) is 133 Å². The summed E-state index contributed by atoms with van der Waals surface area (Å²) in [5.74, 6) is -0.0532. The van der Waals surface area contributed by atoms with Crippen LogP contribution in [0.3, 0.4) is 0 Å². The van der Waals surface area contributed by atoms with E-state index in [0.717, 1.165) is 73.2 Å². The van der Waals surface area contributed by atoms with Crippen molar-refractivity contribution in [3.8, 4) is 23.0 Å². The van der Waals surface area contributed by atoms with Crippen LogP contribution in [0.2, 0.25) is 0 Å². The molecule has 4 aromatic rings. The Morgan fingerprint density at radius 2 is 1.00 bits per heavy atom. The fourth-order valence-corrected chi connectivity index (χ4v) is 18.6. The van der Waals surface area contributed by atoms with E-state index >= 15 is 0 Å². The maximum absolute atomic E-state index is 14.5. The number of phenols is 2. The van der Waals surface area contributed by atoms with Gasteiger partial charge in [0, 0.05) is 36.3 Å². The van der Waals surface area contributed by atoms with Crippen molar-refractivity contribution in [3.63, 3.8) is 0 Å². The van der Waals surface area contributed by atoms with Gasteiger partial charge in [-0.1, -0.05) is 36.4 Å². The van der Waals surface area contributed by atoms with Gasteiger partial charge in [-0.25, -0.2) is 0 Å². The highest BCUT2D eigenvalue weighted by Gasteiger charge is 2.75. The number of phenolic OH excluding ortho intramolecular Hbond substituents is 2. The number of likely N-dealkylation sites (tertiary alicyclic amines) is 2. The van der Waals surface area contributed by atoms with E-state index in [0.29, 0.717) is 63.5 Å². The van der Waals surface area contributed by atoms with Crippen LogP contribution >= 0.6 is 0 Å². The molecule has 6 N–H and O–H groups in total. The van der Waals surface area contributed by atoms with Crippen molar-refractivity contribution in [2.24, 2.45) is 11.8 Å². The predicted octanol–water partition coefficient (Wildman–Crippen LogP) is 3.92. The van der Waals surface area contributed by atoms with E-state index in [1.54, 1.807) is 12.1 Å². The molecule has 4 aliphatic heterocycles. The van der Waals surface area contributed by atoms with Crippen molar-refractivity contribution < 1.29 is 60.0 Å². The van der Waals surface area contributed by atoms with E-state index in [9.17, 15) is 46.9 Å². The third-order valence-corrected chi connectivity index (χ3v) is 22.4. The minimum absolute atomic E-state index is 0.0655. The molecule has 0 aromatic heterocycles. The third-order valence-electron chi connectivity index (χ3n) is 19.1. The highest BCUT2D eigenvalue weighted by atomic mass is 32.3. The topological polar surface area (TPSA) is 242 Å². The summed E-state index contributed by atoms with van der Waals surface area (Å²) in [5.41, 5.74) is -1.69. The molecule has 6 fully saturated rings. The standard InChI is InChI=1S/C54H58N4O13S2/c59-37-15-13-31-25-41-53(63)19-17-35(47-51(53,43(31)45(37)69-47)21-23-57(41)27-29-9-10-29)55-49(61)33-5-1-3-7-39(33)72(65,66)71-73(67,68)40-8-4-2-6-34(40)50(62)56-36-18-20-54(64)42-26-32-14-16-38(60)46-44(32)52(54,48(36)70-46)22-24-58(42)28-30-11-12-30/h1-8,13-16,29-30,35-36,41-42,47-48,59-60,63-64H,9-12,17-28H2,(H,55,61)(H,56,62)/t35-,36-,41-,42-,47+,48+,51+,52+,53?,54?/m1/s1. The molecule has 4 saturated carbocycles. The summed E-state index contributed by atoms with van der Waals surface area (Å²) in [4.78, 5) is 32.3. The van der Waals surface area contributed by atoms with E-state index in [-0.39, 0.29) is 47.9 Å². The van der Waals surface area contributed by atoms with Crippen molar-refractivity contribution in [3.05, 3.63) is 106 Å². The van der Waals surface area contributed by atoms with Gasteiger partial charge in [0.1, 0.15) is 22.0 Å². The lowest BCUT2D eigenvalue weighted by Crippen LogP contribution is -2.78. The summed E-state index contributed by atoms with van der Waals surface area (Å²) < 4.78 is 75.5. The molecular weight excluding hydrogens is 977 g/mol. The Morgan fingerprint density at radius 3 is 1.41 bits per heavy atom. The zero-order chi connectivity index (χ0) is 50.2. The minimum atomic E-state index is -5.30. The number of aliphatic hydroxyl groups is 2. The third kappa shape index (κ3) is 6.42. The second-order valence-electron chi connectivity index (χ2n) is 22.8. The van der Waals surface area contributed by atoms with Gasteiger partial charge in [0.25, 0.3) is 11.8 Å². The van der Waals surface area contributed by atoms with Crippen LogP contribution in [0.1, 0.15) is 107 Å². The molecule has 10 aliphatic rings. The Kier molecular flexibility index (Phi) is 9.92. The zero-order valence-corrected chi connectivity index (χ0v) is 41.7. The molecule has 2 unspecified atom stereocenters. The number of piperidine rings is 2. The number of nitrogens with zero attached hydrogens (tertiary/aromatic N) is 2. The van der Waals surface area contributed by atoms with Crippen LogP contribution in [0.5, 0.6) is 23.0 Å². The van der Waals surface area contributed by atoms with Crippen LogP contribution in [0.25, 0.3) is 0 Å². The van der Waals surface area contributed by atoms with Crippen LogP contribution in [0.15, 0.2) is 82.6 Å². The van der Waals surface area contributed by atoms with Gasteiger partial charge in [-0.2, -0.15) is 16.8 Å². The van der Waals surface area contributed by atoms with Crippen molar-refractivity contribution in [2.75, 3.05) is 26.2 Å². The SMILES string of the molecule is O=C(N[C@@H]1CCC2(O)[C@H]3Cc4ccc(O)c5c4[C@@]2(CCN3CC2CC2)[C@H]1O5)c1ccccc1S(=O)(=O)OS(=O)(=O)c1ccccc1C(=O)N[C@@H]1CCC2(O)[C@H]3Cc4ccc(O)c5c4[C@@]2(CCN3CC2CC2)[C@H]1O5. The largest absolute Gasteiger partial charge is 0.504 e. The molecule has 6 aliphatic carbocycles. The number of nitrogens with one attached hydrogen (secondary N) is 2. The lowest BCUT2D eigenvalue weighted by atomic mass is 9.48. The Labute approximate surface area is 423 Å². The monoisotopic (exact) mass is 1030 g/mol. The Balaban J connectivity index is 0.720. The highest BCUT2D eigenvalue weighted by Crippen LogP contribution is 2.67. The van der Waals surface area contributed by atoms with Crippen LogP contribution in [0.4, 0.5) is 0 Å². The van der Waals surface area contributed by atoms with Crippen LogP contribution in [0, 0.1) is 11.8 Å². The molecule has 384 valence electrons. The molecule has 0 radical (unpaired) electrons. The molecular formula is C54H58N4O13S2. The van der Waals surface area contributed by atoms with Gasteiger partial charge >= 0.3 is 20.2 Å². The molecule has 17 nitrogen and oxygen atoms in total. The minimum Gasteiger partial charge on any atom is -0.504 e. The first-order valence-corrected chi connectivity index (χ1v) is 28.8. The van der Waals surface area contributed by atoms with Gasteiger partial charge in [0.05, 0.1) is 45.2 Å². The summed E-state index contributed by atoms with van der Waals surface area (Å²) in [7, 11) is -10.6. The average molecular weight is 1040 g/mol. The normalized spacial score (nSPS) is 34.5. The van der Waals surface area contributed by atoms with Crippen molar-refractivity contribution in [2.45, 2.75) is 145 Å². The maximum Gasteiger partial charge on any atom is 0.312 e. The second-order valence-corrected chi connectivity index (χ2v) is 26.0. The molecule has 2 spiro atoms. The fraction of sp³-hybridized carbons (Fsp3) is 0.519. The predicted molar refractivity (Wildman–Crippen MR) is 260 cm³/mol. The smallest absolute Gasteiger partial charge is 0.312 e. The van der Waals surface area contributed by atoms with Crippen LogP contribution < -0.4 is 20.1 Å². The number of ether oxygens (including phenoxy) is 2. The number of carbonyl (C=O) groups excluding carboxylic acids is 2. The Morgan fingerprint density at radius 1 is 0.589 bits per heavy atom. The lowest BCUT2D eigenvalue weighted by Gasteiger charge is -2.64. The Hall–Kier alpha value is -5.28. The molecule has 19 heteroatoms. The van der Waals surface area contributed by atoms with E-state index in [1.807, 2.05) is 12.1 Å². The van der Waals surface area contributed by atoms with Gasteiger partial charge < -0.3 is 40.5 Å². The summed E-state index contributed by atoms with van der Waals surface area (Å²) in [6.07, 6.45) is 6.40. The zero-order valence-electron chi connectivity index (χ0n) is 40.0. The molecule has 4 heterocycles. The van der Waals surface area contributed by atoms with Gasteiger partial charge in [0.2, 0.25) is 0 Å². The number of amides is 2. The first kappa shape index (κ1) is 46.3. The second kappa shape index (κ2) is 15.6. The van der Waals surface area contributed by atoms with E-state index < -0.39 is 99.3 Å². The van der Waals surface area contributed by atoms with E-state index in [1.165, 1.54) is 36.4 Å². The molecule has 4 aromatic carbocycles. The summed E-state index contributed by atoms with van der Waals surface area (Å²) >= 11 is 0. The summed E-state index contributed by atoms with van der Waals surface area (Å²) in [5, 5.41) is 54.0. The number of hydrogen-bond donors (Lipinski definition) is 6. The number of benzene rings is 4. The fourth-order valence-electron chi connectivity index (χ4n) is 15.7. The molecule has 14 rings (SSSR count). The maximum atomic E-state index is 14.5. The van der Waals surface area contributed by atoms with Gasteiger partial charge in [-0.15, -0.1) is 3.63 Å². The molecule has 10 atom stereocenters. The first-order valence-electron chi connectivity index (χ1n) is 26.0. The van der Waals surface area contributed by atoms with Crippen LogP contribution in [-0.2, 0) is 47.5 Å². The molecule has 2 amide bonds. The van der Waals surface area contributed by atoms with Crippen molar-refractivity contribution in [1.82, 2.24) is 20.4 Å². The van der Waals surface area contributed by atoms with E-state index in [4.69, 9.17) is 13.1 Å². The molecule has 2 saturated heterocycles. The number of hydrogen-bond acceptors (Lipinski definition) is 15. The quantitative estimate of drug-likeness (QED) is 0.118. The summed E-state index contributed by atoms with van der Waals surface area (Å²) in [6, 6.07) is 15.3.